The summed E-state index contributed by atoms with van der Waals surface area (Å²) in [5.74, 6) is -0.819. The Morgan fingerprint density at radius 3 is 1.79 bits per heavy atom. The Kier molecular flexibility index (Phi) is 15.4. The van der Waals surface area contributed by atoms with Gasteiger partial charge in [0.25, 0.3) is 0 Å². The highest BCUT2D eigenvalue weighted by Crippen LogP contribution is 2.36. The van der Waals surface area contributed by atoms with Gasteiger partial charge in [-0.05, 0) is 32.1 Å². The lowest BCUT2D eigenvalue weighted by Crippen LogP contribution is -2.01. The minimum Gasteiger partial charge on any atom is -0.371 e. The van der Waals surface area contributed by atoms with Crippen molar-refractivity contribution in [1.29, 1.82) is 0 Å². The Hall–Kier alpha value is -0.640. The van der Waals surface area contributed by atoms with Crippen LogP contribution in [0.5, 0.6) is 0 Å². The van der Waals surface area contributed by atoms with Crippen LogP contribution in [0.1, 0.15) is 96.8 Å². The number of phosphoric ester groups is 1. The van der Waals surface area contributed by atoms with E-state index in [0.29, 0.717) is 6.42 Å². The highest BCUT2D eigenvalue weighted by atomic mass is 31.2. The van der Waals surface area contributed by atoms with Crippen LogP contribution in [0.4, 0.5) is 0 Å². The molecule has 0 spiro atoms. The van der Waals surface area contributed by atoms with Gasteiger partial charge in [0, 0.05) is 6.42 Å². The number of carbonyl (C=O) groups excluding carboxylic acids is 1. The molecule has 0 amide bonds. The molecule has 0 radical (unpaired) electrons. The van der Waals surface area contributed by atoms with Crippen LogP contribution in [0.25, 0.3) is 0 Å². The molecular formula is C18H35O5P. The van der Waals surface area contributed by atoms with E-state index in [1.165, 1.54) is 44.9 Å². The van der Waals surface area contributed by atoms with E-state index in [2.05, 4.69) is 23.6 Å². The number of allylic oxidation sites excluding steroid dienone is 2. The van der Waals surface area contributed by atoms with E-state index < -0.39 is 13.8 Å². The highest BCUT2D eigenvalue weighted by molar-refractivity contribution is 7.46. The van der Waals surface area contributed by atoms with Crippen molar-refractivity contribution in [3.8, 4) is 0 Å². The Morgan fingerprint density at radius 2 is 1.29 bits per heavy atom. The summed E-state index contributed by atoms with van der Waals surface area (Å²) in [6.07, 6.45) is 19.8. The fourth-order valence-electron chi connectivity index (χ4n) is 2.52. The van der Waals surface area contributed by atoms with Gasteiger partial charge in [0.1, 0.15) is 0 Å². The Bertz CT molecular complexity index is 376. The predicted molar refractivity (Wildman–Crippen MR) is 97.6 cm³/mol. The molecule has 0 bridgehead atoms. The topological polar surface area (TPSA) is 83.8 Å². The predicted octanol–water partition coefficient (Wildman–Crippen LogP) is 5.66. The second-order valence-electron chi connectivity index (χ2n) is 6.29. The van der Waals surface area contributed by atoms with E-state index in [0.717, 1.165) is 32.1 Å². The molecule has 0 aliphatic rings. The molecule has 0 heterocycles. The Balaban J connectivity index is 3.26. The maximum Gasteiger partial charge on any atom is 0.526 e. The SMILES string of the molecule is CCCCCCCCC=CCCCCCCCC(=O)OP(=O)(O)O. The van der Waals surface area contributed by atoms with Crippen LogP contribution < -0.4 is 0 Å². The van der Waals surface area contributed by atoms with Gasteiger partial charge in [-0.1, -0.05) is 70.4 Å². The molecule has 2 N–H and O–H groups in total. The second kappa shape index (κ2) is 15.9. The molecule has 24 heavy (non-hydrogen) atoms. The summed E-state index contributed by atoms with van der Waals surface area (Å²) in [5, 5.41) is 0. The molecule has 0 fully saturated rings. The van der Waals surface area contributed by atoms with Crippen LogP contribution in [0.15, 0.2) is 12.2 Å². The van der Waals surface area contributed by atoms with Crippen LogP contribution >= 0.6 is 7.82 Å². The Labute approximate surface area is 147 Å². The number of unbranched alkanes of at least 4 members (excludes halogenated alkanes) is 11. The van der Waals surface area contributed by atoms with Crippen LogP contribution in [0.3, 0.4) is 0 Å². The summed E-state index contributed by atoms with van der Waals surface area (Å²) < 4.78 is 14.4. The first-order valence-corrected chi connectivity index (χ1v) is 10.9. The number of rotatable bonds is 16. The maximum atomic E-state index is 11.1. The van der Waals surface area contributed by atoms with Crippen molar-refractivity contribution in [3.05, 3.63) is 12.2 Å². The quantitative estimate of drug-likeness (QED) is 0.210. The first kappa shape index (κ1) is 23.4. The van der Waals surface area contributed by atoms with E-state index in [4.69, 9.17) is 9.79 Å². The van der Waals surface area contributed by atoms with Gasteiger partial charge in [0.05, 0.1) is 0 Å². The molecule has 0 aromatic heterocycles. The lowest BCUT2D eigenvalue weighted by Gasteiger charge is -2.04. The van der Waals surface area contributed by atoms with Crippen molar-refractivity contribution < 1.29 is 23.7 Å². The number of hydrogen-bond acceptors (Lipinski definition) is 3. The van der Waals surface area contributed by atoms with Gasteiger partial charge in [-0.15, -0.1) is 0 Å². The van der Waals surface area contributed by atoms with Gasteiger partial charge in [0.15, 0.2) is 0 Å². The van der Waals surface area contributed by atoms with Crippen molar-refractivity contribution in [2.45, 2.75) is 96.8 Å². The molecule has 0 saturated carbocycles. The maximum absolute atomic E-state index is 11.1. The van der Waals surface area contributed by atoms with Crippen molar-refractivity contribution in [2.75, 3.05) is 0 Å². The van der Waals surface area contributed by atoms with Crippen molar-refractivity contribution in [2.24, 2.45) is 0 Å². The minimum atomic E-state index is -4.67. The van der Waals surface area contributed by atoms with Crippen molar-refractivity contribution in [3.63, 3.8) is 0 Å². The van der Waals surface area contributed by atoms with Gasteiger partial charge >= 0.3 is 13.8 Å². The smallest absolute Gasteiger partial charge is 0.371 e. The zero-order chi connectivity index (χ0) is 18.1. The number of hydrogen-bond donors (Lipinski definition) is 2. The molecule has 0 atom stereocenters. The molecule has 0 aromatic rings. The van der Waals surface area contributed by atoms with Crippen molar-refractivity contribution >= 4 is 13.8 Å². The van der Waals surface area contributed by atoms with Crippen LogP contribution in [-0.4, -0.2) is 15.8 Å². The average molecular weight is 362 g/mol. The first-order valence-electron chi connectivity index (χ1n) is 9.38. The molecule has 0 rings (SSSR count). The molecular weight excluding hydrogens is 327 g/mol. The third kappa shape index (κ3) is 19.4. The monoisotopic (exact) mass is 362 g/mol. The minimum absolute atomic E-state index is 0.0727. The Morgan fingerprint density at radius 1 is 0.833 bits per heavy atom. The third-order valence-corrected chi connectivity index (χ3v) is 4.30. The van der Waals surface area contributed by atoms with E-state index in [1.54, 1.807) is 0 Å². The summed E-state index contributed by atoms with van der Waals surface area (Å²) >= 11 is 0. The van der Waals surface area contributed by atoms with E-state index in [9.17, 15) is 9.36 Å². The number of carbonyl (C=O) groups is 1. The molecule has 0 aromatic carbocycles. The lowest BCUT2D eigenvalue weighted by molar-refractivity contribution is -0.135. The molecule has 0 aliphatic carbocycles. The zero-order valence-corrected chi connectivity index (χ0v) is 16.0. The average Bonchev–Trinajstić information content (AvgIpc) is 2.49. The molecule has 142 valence electrons. The number of phosphoric acid groups is 1. The highest BCUT2D eigenvalue weighted by Gasteiger charge is 2.19. The molecule has 0 unspecified atom stereocenters. The fourth-order valence-corrected chi connectivity index (χ4v) is 2.87. The summed E-state index contributed by atoms with van der Waals surface area (Å²) in [5.41, 5.74) is 0. The zero-order valence-electron chi connectivity index (χ0n) is 15.1. The van der Waals surface area contributed by atoms with Gasteiger partial charge in [0.2, 0.25) is 0 Å². The van der Waals surface area contributed by atoms with Crippen molar-refractivity contribution in [1.82, 2.24) is 0 Å². The van der Waals surface area contributed by atoms with Crippen LogP contribution in [-0.2, 0) is 13.9 Å². The summed E-state index contributed by atoms with van der Waals surface area (Å²) in [6, 6.07) is 0. The first-order chi connectivity index (χ1) is 11.5. The molecule has 0 saturated heterocycles. The fraction of sp³-hybridized carbons (Fsp3) is 0.833. The van der Waals surface area contributed by atoms with E-state index in [-0.39, 0.29) is 6.42 Å². The summed E-state index contributed by atoms with van der Waals surface area (Å²) in [6.45, 7) is 2.24. The lowest BCUT2D eigenvalue weighted by atomic mass is 10.1. The van der Waals surface area contributed by atoms with Crippen LogP contribution in [0, 0.1) is 0 Å². The molecule has 6 heteroatoms. The third-order valence-electron chi connectivity index (χ3n) is 3.86. The van der Waals surface area contributed by atoms with E-state index in [1.807, 2.05) is 0 Å². The summed E-state index contributed by atoms with van der Waals surface area (Å²) in [4.78, 5) is 28.0. The van der Waals surface area contributed by atoms with Gasteiger partial charge in [-0.3, -0.25) is 14.6 Å². The second-order valence-corrected chi connectivity index (χ2v) is 7.45. The van der Waals surface area contributed by atoms with E-state index >= 15 is 0 Å². The van der Waals surface area contributed by atoms with Gasteiger partial charge in [-0.2, -0.15) is 0 Å². The molecule has 0 aliphatic heterocycles. The standard InChI is InChI=1S/C18H35O5P/c1-2-3-4-5-6-7-8-9-10-11-12-13-14-15-16-17-18(19)23-24(20,21)22/h9-10H,2-8,11-17H2,1H3,(H2,20,21,22). The molecule has 5 nitrogen and oxygen atoms in total. The largest absolute Gasteiger partial charge is 0.526 e. The van der Waals surface area contributed by atoms with Gasteiger partial charge < -0.3 is 4.52 Å². The summed E-state index contributed by atoms with van der Waals surface area (Å²) in [7, 11) is -4.67. The van der Waals surface area contributed by atoms with Crippen LogP contribution in [0.2, 0.25) is 0 Å². The normalized spacial score (nSPS) is 12.0. The van der Waals surface area contributed by atoms with Gasteiger partial charge in [-0.25, -0.2) is 4.57 Å².